The predicted molar refractivity (Wildman–Crippen MR) is 121 cm³/mol. The molecule has 0 saturated carbocycles. The third-order valence-corrected chi connectivity index (χ3v) is 5.56. The number of halogens is 3. The van der Waals surface area contributed by atoms with Crippen LogP contribution in [0.4, 0.5) is 23.7 Å². The molecular formula is C24H29F3N4O2. The molecule has 2 N–H and O–H groups in total. The maximum absolute atomic E-state index is 13.0. The van der Waals surface area contributed by atoms with Gasteiger partial charge >= 0.3 is 12.2 Å². The molecule has 3 amide bonds. The van der Waals surface area contributed by atoms with E-state index in [4.69, 9.17) is 0 Å². The van der Waals surface area contributed by atoms with E-state index in [2.05, 4.69) is 27.7 Å². The molecule has 2 aromatic rings. The van der Waals surface area contributed by atoms with Crippen LogP contribution in [0.1, 0.15) is 30.9 Å². The lowest BCUT2D eigenvalue weighted by Crippen LogP contribution is -2.55. The Morgan fingerprint density at radius 3 is 2.33 bits per heavy atom. The van der Waals surface area contributed by atoms with Crippen LogP contribution >= 0.6 is 0 Å². The molecular weight excluding hydrogens is 433 g/mol. The highest BCUT2D eigenvalue weighted by Gasteiger charge is 2.31. The molecule has 9 heteroatoms. The van der Waals surface area contributed by atoms with Gasteiger partial charge in [-0.2, -0.15) is 13.2 Å². The third-order valence-electron chi connectivity index (χ3n) is 5.56. The van der Waals surface area contributed by atoms with E-state index in [1.807, 2.05) is 25.1 Å². The largest absolute Gasteiger partial charge is 0.416 e. The second-order valence-electron chi connectivity index (χ2n) is 8.11. The van der Waals surface area contributed by atoms with Gasteiger partial charge in [-0.15, -0.1) is 0 Å². The molecule has 0 spiro atoms. The highest BCUT2D eigenvalue weighted by Crippen LogP contribution is 2.30. The summed E-state index contributed by atoms with van der Waals surface area (Å²) < 4.78 is 38.7. The van der Waals surface area contributed by atoms with Crippen molar-refractivity contribution in [3.63, 3.8) is 0 Å². The fraction of sp³-hybridized carbons (Fsp3) is 0.417. The van der Waals surface area contributed by atoms with Crippen LogP contribution in [0.3, 0.4) is 0 Å². The fourth-order valence-corrected chi connectivity index (χ4v) is 3.83. The monoisotopic (exact) mass is 462 g/mol. The Labute approximate surface area is 191 Å². The summed E-state index contributed by atoms with van der Waals surface area (Å²) in [6, 6.07) is 13.1. The first kappa shape index (κ1) is 24.6. The van der Waals surface area contributed by atoms with Gasteiger partial charge in [0, 0.05) is 38.4 Å². The minimum atomic E-state index is -4.50. The molecule has 0 aliphatic carbocycles. The molecule has 1 unspecified atom stereocenters. The summed E-state index contributed by atoms with van der Waals surface area (Å²) in [4.78, 5) is 29.5. The Morgan fingerprint density at radius 2 is 1.70 bits per heavy atom. The number of anilines is 1. The zero-order valence-electron chi connectivity index (χ0n) is 18.6. The number of nitrogens with one attached hydrogen (secondary N) is 2. The van der Waals surface area contributed by atoms with Crippen LogP contribution in [0.25, 0.3) is 0 Å². The lowest BCUT2D eigenvalue weighted by atomic mass is 10.1. The number of hydrogen-bond acceptors (Lipinski definition) is 3. The lowest BCUT2D eigenvalue weighted by Gasteiger charge is -2.36. The van der Waals surface area contributed by atoms with Crippen molar-refractivity contribution in [2.75, 3.05) is 31.5 Å². The van der Waals surface area contributed by atoms with E-state index < -0.39 is 23.8 Å². The highest BCUT2D eigenvalue weighted by atomic mass is 19.4. The normalized spacial score (nSPS) is 15.7. The molecule has 3 rings (SSSR count). The first-order valence-electron chi connectivity index (χ1n) is 11.1. The number of rotatable bonds is 7. The summed E-state index contributed by atoms with van der Waals surface area (Å²) in [7, 11) is 0. The number of carbonyl (C=O) groups excluding carboxylic acids is 2. The van der Waals surface area contributed by atoms with Gasteiger partial charge in [-0.1, -0.05) is 49.7 Å². The van der Waals surface area contributed by atoms with Gasteiger partial charge in [0.1, 0.15) is 6.04 Å². The second-order valence-corrected chi connectivity index (χ2v) is 8.11. The first-order chi connectivity index (χ1) is 15.8. The molecule has 178 valence electrons. The SMILES string of the molecule is CCCC(NC(=O)Nc1cccc(C(F)(F)F)c1)C(=O)N1CCN(Cc2ccccc2)CC1. The van der Waals surface area contributed by atoms with Crippen molar-refractivity contribution in [3.05, 3.63) is 65.7 Å². The number of carbonyl (C=O) groups is 2. The molecule has 1 heterocycles. The molecule has 0 aromatic heterocycles. The molecule has 1 aliphatic rings. The van der Waals surface area contributed by atoms with E-state index in [-0.39, 0.29) is 11.6 Å². The van der Waals surface area contributed by atoms with Gasteiger partial charge in [0.15, 0.2) is 0 Å². The van der Waals surface area contributed by atoms with E-state index >= 15 is 0 Å². The Hall–Kier alpha value is -3.07. The van der Waals surface area contributed by atoms with Crippen LogP contribution in [-0.4, -0.2) is 54.0 Å². The molecule has 6 nitrogen and oxygen atoms in total. The molecule has 1 aliphatic heterocycles. The smallest absolute Gasteiger partial charge is 0.338 e. The van der Waals surface area contributed by atoms with E-state index in [0.717, 1.165) is 31.8 Å². The highest BCUT2D eigenvalue weighted by molar-refractivity contribution is 5.93. The Morgan fingerprint density at radius 1 is 1.00 bits per heavy atom. The van der Waals surface area contributed by atoms with Crippen molar-refractivity contribution in [1.29, 1.82) is 0 Å². The van der Waals surface area contributed by atoms with E-state index in [9.17, 15) is 22.8 Å². The number of nitrogens with zero attached hydrogens (tertiary/aromatic N) is 2. The summed E-state index contributed by atoms with van der Waals surface area (Å²) in [5.74, 6) is -0.171. The molecule has 0 radical (unpaired) electrons. The van der Waals surface area contributed by atoms with E-state index in [1.165, 1.54) is 17.7 Å². The molecule has 1 saturated heterocycles. The number of amides is 3. The first-order valence-corrected chi connectivity index (χ1v) is 11.1. The standard InChI is InChI=1S/C24H29F3N4O2/c1-2-7-21(29-23(33)28-20-11-6-10-19(16-20)24(25,26)27)22(32)31-14-12-30(13-15-31)17-18-8-4-3-5-9-18/h3-6,8-11,16,21H,2,7,12-15,17H2,1H3,(H2,28,29,33). The summed E-state index contributed by atoms with van der Waals surface area (Å²) in [5, 5.41) is 5.04. The van der Waals surface area contributed by atoms with Crippen LogP contribution in [-0.2, 0) is 17.5 Å². The maximum atomic E-state index is 13.0. The van der Waals surface area contributed by atoms with Crippen LogP contribution in [0.15, 0.2) is 54.6 Å². The van der Waals surface area contributed by atoms with Gasteiger partial charge < -0.3 is 15.5 Å². The summed E-state index contributed by atoms with van der Waals surface area (Å²) in [6.07, 6.45) is -3.38. The van der Waals surface area contributed by atoms with Gasteiger partial charge in [0.05, 0.1) is 5.56 Å². The summed E-state index contributed by atoms with van der Waals surface area (Å²) >= 11 is 0. The molecule has 1 atom stereocenters. The average molecular weight is 463 g/mol. The van der Waals surface area contributed by atoms with Gasteiger partial charge in [0.25, 0.3) is 0 Å². The van der Waals surface area contributed by atoms with Crippen LogP contribution in [0, 0.1) is 0 Å². The quantitative estimate of drug-likeness (QED) is 0.644. The van der Waals surface area contributed by atoms with Crippen LogP contribution < -0.4 is 10.6 Å². The topological polar surface area (TPSA) is 64.7 Å². The van der Waals surface area contributed by atoms with Crippen molar-refractivity contribution in [2.24, 2.45) is 0 Å². The molecule has 33 heavy (non-hydrogen) atoms. The van der Waals surface area contributed by atoms with Crippen LogP contribution in [0.5, 0.6) is 0 Å². The summed E-state index contributed by atoms with van der Waals surface area (Å²) in [6.45, 7) is 5.31. The Balaban J connectivity index is 1.54. The van der Waals surface area contributed by atoms with Crippen molar-refractivity contribution in [3.8, 4) is 0 Å². The number of urea groups is 1. The fourth-order valence-electron chi connectivity index (χ4n) is 3.83. The van der Waals surface area contributed by atoms with Crippen molar-refractivity contribution in [1.82, 2.24) is 15.1 Å². The van der Waals surface area contributed by atoms with Gasteiger partial charge in [-0.25, -0.2) is 4.79 Å². The number of alkyl halides is 3. The zero-order chi connectivity index (χ0) is 23.8. The van der Waals surface area contributed by atoms with Crippen molar-refractivity contribution >= 4 is 17.6 Å². The Kier molecular flexibility index (Phi) is 8.32. The van der Waals surface area contributed by atoms with E-state index in [1.54, 1.807) is 4.90 Å². The molecule has 0 bridgehead atoms. The number of piperazine rings is 1. The van der Waals surface area contributed by atoms with Gasteiger partial charge in [-0.05, 0) is 30.2 Å². The zero-order valence-corrected chi connectivity index (χ0v) is 18.6. The van der Waals surface area contributed by atoms with Crippen molar-refractivity contribution in [2.45, 2.75) is 38.5 Å². The Bertz CT molecular complexity index is 929. The van der Waals surface area contributed by atoms with Crippen LogP contribution in [0.2, 0.25) is 0 Å². The summed E-state index contributed by atoms with van der Waals surface area (Å²) in [5.41, 5.74) is 0.378. The lowest BCUT2D eigenvalue weighted by molar-refractivity contribution is -0.137. The van der Waals surface area contributed by atoms with Gasteiger partial charge in [0.2, 0.25) is 5.91 Å². The predicted octanol–water partition coefficient (Wildman–Crippen LogP) is 4.34. The average Bonchev–Trinajstić information content (AvgIpc) is 2.79. The third kappa shape index (κ3) is 7.21. The van der Waals surface area contributed by atoms with Gasteiger partial charge in [-0.3, -0.25) is 9.69 Å². The number of benzene rings is 2. The maximum Gasteiger partial charge on any atom is 0.416 e. The molecule has 2 aromatic carbocycles. The molecule has 1 fully saturated rings. The minimum absolute atomic E-state index is 0.0135. The van der Waals surface area contributed by atoms with E-state index in [0.29, 0.717) is 25.9 Å². The second kappa shape index (κ2) is 11.2. The van der Waals surface area contributed by atoms with Crippen molar-refractivity contribution < 1.29 is 22.8 Å². The minimum Gasteiger partial charge on any atom is -0.338 e. The number of hydrogen-bond donors (Lipinski definition) is 2.